The predicted octanol–water partition coefficient (Wildman–Crippen LogP) is -0.127. The molecule has 1 aliphatic rings. The highest BCUT2D eigenvalue weighted by molar-refractivity contribution is 5.76. The topological polar surface area (TPSA) is 61.4 Å². The number of nitrogens with one attached hydrogen (secondary N) is 2. The van der Waals surface area contributed by atoms with Crippen LogP contribution >= 0.6 is 0 Å². The van der Waals surface area contributed by atoms with E-state index in [1.54, 1.807) is 0 Å². The molecule has 82 valence electrons. The van der Waals surface area contributed by atoms with Gasteiger partial charge in [-0.25, -0.2) is 0 Å². The van der Waals surface area contributed by atoms with Crippen LogP contribution in [0.2, 0.25) is 0 Å². The third-order valence-electron chi connectivity index (χ3n) is 2.68. The van der Waals surface area contributed by atoms with Crippen LogP contribution in [-0.4, -0.2) is 36.8 Å². The van der Waals surface area contributed by atoms with E-state index in [1.165, 1.54) is 0 Å². The van der Waals surface area contributed by atoms with E-state index >= 15 is 0 Å². The number of aliphatic hydroxyl groups excluding tert-OH is 1. The molecule has 0 bridgehead atoms. The molecule has 1 amide bonds. The molecule has 0 aromatic heterocycles. The van der Waals surface area contributed by atoms with Crippen molar-refractivity contribution in [1.82, 2.24) is 10.6 Å². The molecule has 0 aromatic carbocycles. The van der Waals surface area contributed by atoms with Gasteiger partial charge in [0.05, 0.1) is 0 Å². The van der Waals surface area contributed by atoms with Crippen molar-refractivity contribution < 1.29 is 9.90 Å². The largest absolute Gasteiger partial charge is 0.396 e. The first kappa shape index (κ1) is 11.5. The van der Waals surface area contributed by atoms with E-state index in [1.807, 2.05) is 6.92 Å². The SMILES string of the molecule is CCC(CCO)NC(=O)CC1CNC1. The number of hydrogen-bond acceptors (Lipinski definition) is 3. The Morgan fingerprint density at radius 3 is 2.79 bits per heavy atom. The van der Waals surface area contributed by atoms with Crippen LogP contribution < -0.4 is 10.6 Å². The van der Waals surface area contributed by atoms with E-state index in [0.29, 0.717) is 18.8 Å². The standard InChI is InChI=1S/C10H20N2O2/c1-2-9(3-4-13)12-10(14)5-8-6-11-7-8/h8-9,11,13H,2-7H2,1H3,(H,12,14). The highest BCUT2D eigenvalue weighted by atomic mass is 16.3. The molecular weight excluding hydrogens is 180 g/mol. The summed E-state index contributed by atoms with van der Waals surface area (Å²) in [6.07, 6.45) is 2.16. The molecule has 1 heterocycles. The van der Waals surface area contributed by atoms with Crippen LogP contribution in [0.4, 0.5) is 0 Å². The second-order valence-electron chi connectivity index (χ2n) is 3.91. The first-order valence-corrected chi connectivity index (χ1v) is 5.37. The molecule has 4 nitrogen and oxygen atoms in total. The van der Waals surface area contributed by atoms with Crippen LogP contribution in [0, 0.1) is 5.92 Å². The molecule has 0 aromatic rings. The van der Waals surface area contributed by atoms with Gasteiger partial charge in [-0.2, -0.15) is 0 Å². The van der Waals surface area contributed by atoms with E-state index in [2.05, 4.69) is 10.6 Å². The minimum atomic E-state index is 0.122. The quantitative estimate of drug-likeness (QED) is 0.560. The van der Waals surface area contributed by atoms with Gasteiger partial charge in [0.1, 0.15) is 0 Å². The summed E-state index contributed by atoms with van der Waals surface area (Å²) in [7, 11) is 0. The molecule has 3 N–H and O–H groups in total. The van der Waals surface area contributed by atoms with Gasteiger partial charge in [0.2, 0.25) is 5.91 Å². The monoisotopic (exact) mass is 200 g/mol. The van der Waals surface area contributed by atoms with E-state index < -0.39 is 0 Å². The summed E-state index contributed by atoms with van der Waals surface area (Å²) >= 11 is 0. The van der Waals surface area contributed by atoms with E-state index in [9.17, 15) is 4.79 Å². The molecule has 14 heavy (non-hydrogen) atoms. The lowest BCUT2D eigenvalue weighted by molar-refractivity contribution is -0.123. The van der Waals surface area contributed by atoms with Crippen molar-refractivity contribution in [3.8, 4) is 0 Å². The van der Waals surface area contributed by atoms with Crippen LogP contribution in [0.3, 0.4) is 0 Å². The van der Waals surface area contributed by atoms with Crippen molar-refractivity contribution >= 4 is 5.91 Å². The van der Waals surface area contributed by atoms with Crippen molar-refractivity contribution in [3.05, 3.63) is 0 Å². The summed E-state index contributed by atoms with van der Waals surface area (Å²) in [6, 6.07) is 0.139. The summed E-state index contributed by atoms with van der Waals surface area (Å²) in [5, 5.41) is 14.8. The molecule has 1 aliphatic heterocycles. The van der Waals surface area contributed by atoms with Crippen molar-refractivity contribution in [1.29, 1.82) is 0 Å². The van der Waals surface area contributed by atoms with Gasteiger partial charge in [-0.3, -0.25) is 4.79 Å². The molecule has 0 aliphatic carbocycles. The zero-order chi connectivity index (χ0) is 10.4. The average Bonchev–Trinajstić information content (AvgIpc) is 2.11. The Bertz CT molecular complexity index is 181. The Balaban J connectivity index is 2.15. The van der Waals surface area contributed by atoms with Crippen molar-refractivity contribution in [2.75, 3.05) is 19.7 Å². The Labute approximate surface area is 85.1 Å². The Morgan fingerprint density at radius 1 is 1.64 bits per heavy atom. The van der Waals surface area contributed by atoms with Gasteiger partial charge in [0.15, 0.2) is 0 Å². The van der Waals surface area contributed by atoms with Crippen LogP contribution in [0.1, 0.15) is 26.2 Å². The van der Waals surface area contributed by atoms with Gasteiger partial charge in [0, 0.05) is 19.1 Å². The first-order chi connectivity index (χ1) is 6.76. The molecular formula is C10H20N2O2. The summed E-state index contributed by atoms with van der Waals surface area (Å²) in [6.45, 7) is 4.09. The molecule has 1 fully saturated rings. The third kappa shape index (κ3) is 3.64. The van der Waals surface area contributed by atoms with Crippen LogP contribution in [-0.2, 0) is 4.79 Å². The number of aliphatic hydroxyl groups is 1. The second-order valence-corrected chi connectivity index (χ2v) is 3.91. The zero-order valence-corrected chi connectivity index (χ0v) is 8.75. The van der Waals surface area contributed by atoms with Gasteiger partial charge in [-0.05, 0) is 31.8 Å². The Kier molecular flexibility index (Phi) is 4.90. The molecule has 1 saturated heterocycles. The lowest BCUT2D eigenvalue weighted by Gasteiger charge is -2.27. The summed E-state index contributed by atoms with van der Waals surface area (Å²) in [5.41, 5.74) is 0. The maximum atomic E-state index is 11.5. The normalized spacial score (nSPS) is 18.7. The number of hydrogen-bond donors (Lipinski definition) is 3. The Morgan fingerprint density at radius 2 is 2.36 bits per heavy atom. The number of carbonyl (C=O) groups is 1. The number of rotatable bonds is 6. The predicted molar refractivity (Wildman–Crippen MR) is 54.9 cm³/mol. The van der Waals surface area contributed by atoms with Crippen LogP contribution in [0.25, 0.3) is 0 Å². The fourth-order valence-corrected chi connectivity index (χ4v) is 1.58. The van der Waals surface area contributed by atoms with Gasteiger partial charge in [0.25, 0.3) is 0 Å². The van der Waals surface area contributed by atoms with E-state index in [0.717, 1.165) is 19.5 Å². The van der Waals surface area contributed by atoms with Crippen molar-refractivity contribution in [2.45, 2.75) is 32.2 Å². The molecule has 0 radical (unpaired) electrons. The van der Waals surface area contributed by atoms with Gasteiger partial charge in [-0.15, -0.1) is 0 Å². The number of carbonyl (C=O) groups excluding carboxylic acids is 1. The van der Waals surface area contributed by atoms with Crippen LogP contribution in [0.15, 0.2) is 0 Å². The number of amides is 1. The van der Waals surface area contributed by atoms with E-state index in [4.69, 9.17) is 5.11 Å². The first-order valence-electron chi connectivity index (χ1n) is 5.37. The zero-order valence-electron chi connectivity index (χ0n) is 8.75. The fourth-order valence-electron chi connectivity index (χ4n) is 1.58. The minimum absolute atomic E-state index is 0.122. The second kappa shape index (κ2) is 5.98. The highest BCUT2D eigenvalue weighted by Crippen LogP contribution is 2.08. The lowest BCUT2D eigenvalue weighted by Crippen LogP contribution is -2.45. The van der Waals surface area contributed by atoms with E-state index in [-0.39, 0.29) is 18.6 Å². The molecule has 1 unspecified atom stereocenters. The summed E-state index contributed by atoms with van der Waals surface area (Å²) < 4.78 is 0. The fraction of sp³-hybridized carbons (Fsp3) is 0.900. The van der Waals surface area contributed by atoms with Gasteiger partial charge in [-0.1, -0.05) is 6.92 Å². The Hall–Kier alpha value is -0.610. The molecule has 0 saturated carbocycles. The third-order valence-corrected chi connectivity index (χ3v) is 2.68. The maximum Gasteiger partial charge on any atom is 0.220 e. The van der Waals surface area contributed by atoms with Gasteiger partial charge >= 0.3 is 0 Å². The molecule has 4 heteroatoms. The minimum Gasteiger partial charge on any atom is -0.396 e. The highest BCUT2D eigenvalue weighted by Gasteiger charge is 2.21. The lowest BCUT2D eigenvalue weighted by atomic mass is 9.98. The molecule has 1 atom stereocenters. The summed E-state index contributed by atoms with van der Waals surface area (Å²) in [5.74, 6) is 0.637. The van der Waals surface area contributed by atoms with Crippen molar-refractivity contribution in [2.24, 2.45) is 5.92 Å². The van der Waals surface area contributed by atoms with Crippen LogP contribution in [0.5, 0.6) is 0 Å². The molecule has 1 rings (SSSR count). The molecule has 0 spiro atoms. The maximum absolute atomic E-state index is 11.5. The van der Waals surface area contributed by atoms with Gasteiger partial charge < -0.3 is 15.7 Å². The van der Waals surface area contributed by atoms with Crippen molar-refractivity contribution in [3.63, 3.8) is 0 Å². The summed E-state index contributed by atoms with van der Waals surface area (Å²) in [4.78, 5) is 11.5. The smallest absolute Gasteiger partial charge is 0.220 e. The average molecular weight is 200 g/mol.